The van der Waals surface area contributed by atoms with Crippen LogP contribution in [0.1, 0.15) is 19.3 Å². The van der Waals surface area contributed by atoms with Gasteiger partial charge in [0, 0.05) is 0 Å². The number of hydrogen-bond acceptors (Lipinski definition) is 0. The molecule has 0 spiro atoms. The van der Waals surface area contributed by atoms with Gasteiger partial charge in [-0.2, -0.15) is 0 Å². The molecule has 0 amide bonds. The Hall–Kier alpha value is -0.354. The Morgan fingerprint density at radius 3 is 2.27 bits per heavy atom. The number of halogens is 3. The van der Waals surface area contributed by atoms with Crippen molar-refractivity contribution in [2.24, 2.45) is 0 Å². The Balaban J connectivity index is 2.33. The quantitative estimate of drug-likeness (QED) is 0.544. The van der Waals surface area contributed by atoms with Crippen LogP contribution in [0.5, 0.6) is 0 Å². The molecule has 0 radical (unpaired) electrons. The van der Waals surface area contributed by atoms with Gasteiger partial charge in [0.1, 0.15) is 0 Å². The van der Waals surface area contributed by atoms with Gasteiger partial charge in [0.05, 0.1) is 0 Å². The topological polar surface area (TPSA) is 0 Å². The summed E-state index contributed by atoms with van der Waals surface area (Å²) in [7, 11) is 0. The molecule has 0 saturated carbocycles. The van der Waals surface area contributed by atoms with Gasteiger partial charge in [0.25, 0.3) is 0 Å². The molecule has 1 heterocycles. The predicted molar refractivity (Wildman–Crippen MR) is 55.2 cm³/mol. The second-order valence-electron chi connectivity index (χ2n) is 4.13. The van der Waals surface area contributed by atoms with Crippen LogP contribution in [0.3, 0.4) is 0 Å². The molecule has 1 saturated heterocycles. The fourth-order valence-electron chi connectivity index (χ4n) is 2.29. The van der Waals surface area contributed by atoms with Gasteiger partial charge in [0.15, 0.2) is 0 Å². The molecule has 0 unspecified atom stereocenters. The molecule has 1 aliphatic rings. The Labute approximate surface area is 92.5 Å². The molecule has 1 aliphatic heterocycles. The molecule has 15 heavy (non-hydrogen) atoms. The number of benzene rings is 1. The van der Waals surface area contributed by atoms with E-state index in [0.717, 1.165) is 22.8 Å². The van der Waals surface area contributed by atoms with E-state index < -0.39 is 33.7 Å². The summed E-state index contributed by atoms with van der Waals surface area (Å²) in [5.74, 6) is -2.45. The van der Waals surface area contributed by atoms with Gasteiger partial charge in [-0.3, -0.25) is 0 Å². The molecule has 4 heteroatoms. The van der Waals surface area contributed by atoms with E-state index in [0.29, 0.717) is 10.2 Å². The molecule has 1 fully saturated rings. The van der Waals surface area contributed by atoms with Crippen molar-refractivity contribution < 1.29 is 13.2 Å². The van der Waals surface area contributed by atoms with E-state index in [1.807, 2.05) is 0 Å². The second kappa shape index (κ2) is 4.66. The fourth-order valence-corrected chi connectivity index (χ4v) is 9.35. The Kier molecular flexibility index (Phi) is 3.46. The maximum atomic E-state index is 13.5. The number of hydrogen-bond donors (Lipinski definition) is 0. The van der Waals surface area contributed by atoms with Gasteiger partial charge in [-0.25, -0.2) is 0 Å². The standard InChI is InChI=1S/C6H2F3.C5H10.Ga/c7-4-1-2-5(8)6(9)3-4;1-3-5-4-2;/h1,3H;1-5H2;. The zero-order valence-electron chi connectivity index (χ0n) is 8.40. The van der Waals surface area contributed by atoms with E-state index in [1.165, 1.54) is 12.5 Å². The van der Waals surface area contributed by atoms with Crippen LogP contribution in [0.25, 0.3) is 0 Å². The van der Waals surface area contributed by atoms with Crippen molar-refractivity contribution in [3.05, 3.63) is 29.6 Å². The summed E-state index contributed by atoms with van der Waals surface area (Å²) < 4.78 is 39.9. The van der Waals surface area contributed by atoms with E-state index in [9.17, 15) is 13.2 Å². The SMILES string of the molecule is Fc1cc(F)c(F)[c]([Ga]2[CH2]CCC[CH2]2)c1. The molecule has 1 aromatic rings. The third-order valence-corrected chi connectivity index (χ3v) is 10.4. The monoisotopic (exact) mass is 270 g/mol. The van der Waals surface area contributed by atoms with Crippen LogP contribution in [-0.4, -0.2) is 16.2 Å². The first-order valence-corrected chi connectivity index (χ1v) is 9.96. The van der Waals surface area contributed by atoms with Crippen LogP contribution >= 0.6 is 0 Å². The van der Waals surface area contributed by atoms with Crippen LogP contribution in [0, 0.1) is 17.5 Å². The Morgan fingerprint density at radius 1 is 0.933 bits per heavy atom. The number of rotatable bonds is 1. The van der Waals surface area contributed by atoms with Crippen molar-refractivity contribution in [1.29, 1.82) is 0 Å². The van der Waals surface area contributed by atoms with Crippen LogP contribution < -0.4 is 4.12 Å². The van der Waals surface area contributed by atoms with E-state index in [1.54, 1.807) is 0 Å². The molecule has 0 N–H and O–H groups in total. The molecule has 2 rings (SSSR count). The van der Waals surface area contributed by atoms with Crippen molar-refractivity contribution in [3.63, 3.8) is 0 Å². The van der Waals surface area contributed by atoms with E-state index in [-0.39, 0.29) is 0 Å². The third-order valence-electron chi connectivity index (χ3n) is 3.07. The van der Waals surface area contributed by atoms with Gasteiger partial charge < -0.3 is 0 Å². The summed E-state index contributed by atoms with van der Waals surface area (Å²) in [6.45, 7) is 0. The van der Waals surface area contributed by atoms with Crippen molar-refractivity contribution in [3.8, 4) is 0 Å². The molecular formula is C11H12F3Ga. The summed E-state index contributed by atoms with van der Waals surface area (Å²) in [5, 5.41) is 0. The average Bonchev–Trinajstić information content (AvgIpc) is 2.24. The minimum absolute atomic E-state index is 0.403. The molecule has 0 bridgehead atoms. The van der Waals surface area contributed by atoms with Gasteiger partial charge in [0.2, 0.25) is 0 Å². The van der Waals surface area contributed by atoms with Crippen LogP contribution in [0.4, 0.5) is 13.2 Å². The van der Waals surface area contributed by atoms with Crippen LogP contribution in [-0.2, 0) is 0 Å². The van der Waals surface area contributed by atoms with Gasteiger partial charge in [-0.05, 0) is 0 Å². The summed E-state index contributed by atoms with van der Waals surface area (Å²) in [6, 6.07) is 1.85. The first-order valence-electron chi connectivity index (χ1n) is 5.33. The zero-order valence-corrected chi connectivity index (χ0v) is 10.8. The molecular weight excluding hydrogens is 259 g/mol. The summed E-state index contributed by atoms with van der Waals surface area (Å²) in [6.07, 6.45) is 3.38. The second-order valence-corrected chi connectivity index (χ2v) is 10.8. The maximum absolute atomic E-state index is 13.5. The summed E-state index contributed by atoms with van der Waals surface area (Å²) >= 11 is -1.93. The molecule has 0 aromatic heterocycles. The Morgan fingerprint density at radius 2 is 1.60 bits per heavy atom. The fraction of sp³-hybridized carbons (Fsp3) is 0.455. The van der Waals surface area contributed by atoms with E-state index in [4.69, 9.17) is 0 Å². The molecule has 0 aliphatic carbocycles. The Bertz CT molecular complexity index is 359. The summed E-state index contributed by atoms with van der Waals surface area (Å²) in [4.78, 5) is 2.04. The zero-order chi connectivity index (χ0) is 10.8. The van der Waals surface area contributed by atoms with Crippen molar-refractivity contribution in [2.75, 3.05) is 0 Å². The van der Waals surface area contributed by atoms with E-state index in [2.05, 4.69) is 0 Å². The van der Waals surface area contributed by atoms with Crippen LogP contribution in [0.2, 0.25) is 9.95 Å². The minimum atomic E-state index is -1.93. The molecule has 0 nitrogen and oxygen atoms in total. The predicted octanol–water partition coefficient (Wildman–Crippen LogP) is 2.99. The molecule has 80 valence electrons. The third kappa shape index (κ3) is 2.42. The van der Waals surface area contributed by atoms with Gasteiger partial charge in [-0.15, -0.1) is 0 Å². The van der Waals surface area contributed by atoms with E-state index >= 15 is 0 Å². The van der Waals surface area contributed by atoms with Crippen molar-refractivity contribution in [2.45, 2.75) is 29.2 Å². The average molecular weight is 271 g/mol. The normalized spacial score (nSPS) is 16.9. The first kappa shape index (κ1) is 11.1. The van der Waals surface area contributed by atoms with Crippen molar-refractivity contribution >= 4 is 20.3 Å². The van der Waals surface area contributed by atoms with Gasteiger partial charge >= 0.3 is 92.3 Å². The van der Waals surface area contributed by atoms with Gasteiger partial charge in [-0.1, -0.05) is 0 Å². The van der Waals surface area contributed by atoms with Crippen molar-refractivity contribution in [1.82, 2.24) is 0 Å². The summed E-state index contributed by atoms with van der Waals surface area (Å²) in [5.41, 5.74) is 0. The van der Waals surface area contributed by atoms with Crippen LogP contribution in [0.15, 0.2) is 12.1 Å². The first-order chi connectivity index (χ1) is 7.18. The molecule has 1 aromatic carbocycles. The molecule has 0 atom stereocenters.